The largest absolute Gasteiger partial charge is 0.375 e. The van der Waals surface area contributed by atoms with Crippen molar-refractivity contribution in [1.82, 2.24) is 0 Å². The fourth-order valence-electron chi connectivity index (χ4n) is 9.13. The zero-order chi connectivity index (χ0) is 28.5. The van der Waals surface area contributed by atoms with Gasteiger partial charge in [0.15, 0.2) is 6.17 Å². The van der Waals surface area contributed by atoms with Crippen LogP contribution in [-0.4, -0.2) is 37.4 Å². The summed E-state index contributed by atoms with van der Waals surface area (Å²) in [6.07, 6.45) is 14.4. The van der Waals surface area contributed by atoms with Crippen LogP contribution in [0.1, 0.15) is 142 Å². The zero-order valence-electron chi connectivity index (χ0n) is 25.7. The minimum Gasteiger partial charge on any atom is -0.375 e. The second kappa shape index (κ2) is 16.5. The summed E-state index contributed by atoms with van der Waals surface area (Å²) in [5.41, 5.74) is 0. The van der Waals surface area contributed by atoms with Gasteiger partial charge in [0.05, 0.1) is 6.10 Å². The van der Waals surface area contributed by atoms with Gasteiger partial charge in [0.25, 0.3) is 0 Å². The number of hydrogen-bond donors (Lipinski definition) is 0. The van der Waals surface area contributed by atoms with E-state index in [1.807, 2.05) is 0 Å². The van der Waals surface area contributed by atoms with Gasteiger partial charge in [-0.1, -0.05) is 78.1 Å². The molecule has 0 aromatic carbocycles. The third kappa shape index (κ3) is 8.62. The molecule has 5 heteroatoms. The molecule has 4 fully saturated rings. The molecule has 1 nitrogen and oxygen atoms in total. The predicted molar refractivity (Wildman–Crippen MR) is 157 cm³/mol. The highest BCUT2D eigenvalue weighted by Crippen LogP contribution is 2.47. The lowest BCUT2D eigenvalue weighted by atomic mass is 9.66. The molecule has 0 saturated heterocycles. The summed E-state index contributed by atoms with van der Waals surface area (Å²) in [6, 6.07) is 0. The molecule has 0 spiro atoms. The molecule has 234 valence electrons. The van der Waals surface area contributed by atoms with E-state index >= 15 is 13.2 Å². The normalized spacial score (nSPS) is 43.0. The fourth-order valence-corrected chi connectivity index (χ4v) is 9.13. The smallest absolute Gasteiger partial charge is 0.157 e. The van der Waals surface area contributed by atoms with Gasteiger partial charge in [-0.25, -0.2) is 17.6 Å². The Labute approximate surface area is 243 Å². The SMILES string of the molecule is CCCCCC1CCC(C2CCC(CCC3CCC(C4CCC(OCCCC)C(F)C4F)CC3)C(F)C2F)CC1. The molecule has 4 aliphatic rings. The van der Waals surface area contributed by atoms with Crippen molar-refractivity contribution < 1.29 is 22.3 Å². The predicted octanol–water partition coefficient (Wildman–Crippen LogP) is 10.9. The quantitative estimate of drug-likeness (QED) is 0.158. The van der Waals surface area contributed by atoms with Crippen LogP contribution in [-0.2, 0) is 4.74 Å². The standard InChI is InChI=1S/C35H60F4O/c1-3-5-7-8-24-9-14-26(15-10-24)29-20-19-28(32(36)33(29)37)18-13-25-11-16-27(17-12-25)30-21-22-31(35(39)34(30)38)40-23-6-4-2/h24-35H,3-23H2,1-2H3. The van der Waals surface area contributed by atoms with Gasteiger partial charge in [-0.15, -0.1) is 0 Å². The summed E-state index contributed by atoms with van der Waals surface area (Å²) < 4.78 is 66.2. The topological polar surface area (TPSA) is 9.23 Å². The Kier molecular flexibility index (Phi) is 13.4. The summed E-state index contributed by atoms with van der Waals surface area (Å²) in [7, 11) is 0. The van der Waals surface area contributed by atoms with Gasteiger partial charge in [-0.3, -0.25) is 0 Å². The van der Waals surface area contributed by atoms with Crippen LogP contribution in [0.3, 0.4) is 0 Å². The van der Waals surface area contributed by atoms with E-state index in [2.05, 4.69) is 13.8 Å². The molecule has 0 radical (unpaired) electrons. The van der Waals surface area contributed by atoms with Crippen LogP contribution >= 0.6 is 0 Å². The van der Waals surface area contributed by atoms with Gasteiger partial charge in [0, 0.05) is 6.61 Å². The number of alkyl halides is 4. The molecule has 0 N–H and O–H groups in total. The van der Waals surface area contributed by atoms with Crippen LogP contribution in [0.5, 0.6) is 0 Å². The molecule has 0 aromatic heterocycles. The van der Waals surface area contributed by atoms with Gasteiger partial charge >= 0.3 is 0 Å². The third-order valence-corrected chi connectivity index (χ3v) is 11.9. The zero-order valence-corrected chi connectivity index (χ0v) is 25.7. The van der Waals surface area contributed by atoms with Gasteiger partial charge in [-0.05, 0) is 106 Å². The van der Waals surface area contributed by atoms with Crippen molar-refractivity contribution in [2.75, 3.05) is 6.61 Å². The first kappa shape index (κ1) is 32.6. The number of ether oxygens (including phenoxy) is 1. The Hall–Kier alpha value is -0.320. The van der Waals surface area contributed by atoms with Gasteiger partial charge in [0.1, 0.15) is 18.5 Å². The molecule has 0 bridgehead atoms. The molecule has 4 saturated carbocycles. The summed E-state index contributed by atoms with van der Waals surface area (Å²) in [6.45, 7) is 4.84. The number of unbranched alkanes of at least 4 members (excludes halogenated alkanes) is 3. The molecule has 0 aromatic rings. The molecule has 0 aliphatic heterocycles. The highest BCUT2D eigenvalue weighted by Gasteiger charge is 2.46. The van der Waals surface area contributed by atoms with E-state index in [9.17, 15) is 4.39 Å². The average Bonchev–Trinajstić information content (AvgIpc) is 2.97. The van der Waals surface area contributed by atoms with Crippen molar-refractivity contribution in [3.63, 3.8) is 0 Å². The summed E-state index contributed by atoms with van der Waals surface area (Å²) in [5.74, 6) is 1.57. The molecule has 40 heavy (non-hydrogen) atoms. The first-order chi connectivity index (χ1) is 19.4. The maximum absolute atomic E-state index is 15.4. The van der Waals surface area contributed by atoms with Crippen LogP contribution < -0.4 is 0 Å². The molecule has 4 aliphatic carbocycles. The number of halogens is 4. The van der Waals surface area contributed by atoms with Crippen molar-refractivity contribution in [3.8, 4) is 0 Å². The van der Waals surface area contributed by atoms with E-state index in [-0.39, 0.29) is 23.7 Å². The van der Waals surface area contributed by atoms with Crippen molar-refractivity contribution >= 4 is 0 Å². The van der Waals surface area contributed by atoms with Crippen molar-refractivity contribution in [2.24, 2.45) is 41.4 Å². The first-order valence-corrected chi connectivity index (χ1v) is 17.6. The molecule has 0 heterocycles. The van der Waals surface area contributed by atoms with Crippen LogP contribution in [0, 0.1) is 41.4 Å². The lowest BCUT2D eigenvalue weighted by molar-refractivity contribution is -0.0880. The van der Waals surface area contributed by atoms with Crippen LogP contribution in [0.15, 0.2) is 0 Å². The van der Waals surface area contributed by atoms with Crippen LogP contribution in [0.2, 0.25) is 0 Å². The van der Waals surface area contributed by atoms with E-state index in [0.717, 1.165) is 89.4 Å². The minimum absolute atomic E-state index is 0.0709. The highest BCUT2D eigenvalue weighted by molar-refractivity contribution is 4.95. The summed E-state index contributed by atoms with van der Waals surface area (Å²) in [5, 5.41) is 0. The van der Waals surface area contributed by atoms with Crippen LogP contribution in [0.4, 0.5) is 17.6 Å². The van der Waals surface area contributed by atoms with Gasteiger partial charge in [0.2, 0.25) is 0 Å². The van der Waals surface area contributed by atoms with E-state index in [1.165, 1.54) is 38.5 Å². The Balaban J connectivity index is 1.14. The second-order valence-corrected chi connectivity index (χ2v) is 14.4. The van der Waals surface area contributed by atoms with E-state index < -0.39 is 30.8 Å². The lowest BCUT2D eigenvalue weighted by Gasteiger charge is -2.42. The lowest BCUT2D eigenvalue weighted by Crippen LogP contribution is -2.46. The average molecular weight is 573 g/mol. The Morgan fingerprint density at radius 1 is 0.500 bits per heavy atom. The summed E-state index contributed by atoms with van der Waals surface area (Å²) >= 11 is 0. The molecule has 8 unspecified atom stereocenters. The molecule has 8 atom stereocenters. The molecular weight excluding hydrogens is 512 g/mol. The van der Waals surface area contributed by atoms with Crippen molar-refractivity contribution in [3.05, 3.63) is 0 Å². The monoisotopic (exact) mass is 572 g/mol. The Morgan fingerprint density at radius 3 is 1.65 bits per heavy atom. The Morgan fingerprint density at radius 2 is 1.05 bits per heavy atom. The van der Waals surface area contributed by atoms with Gasteiger partial charge < -0.3 is 4.74 Å². The molecule has 0 amide bonds. The highest BCUT2D eigenvalue weighted by atomic mass is 19.2. The summed E-state index contributed by atoms with van der Waals surface area (Å²) in [4.78, 5) is 0. The number of rotatable bonds is 13. The second-order valence-electron chi connectivity index (χ2n) is 14.4. The number of hydrogen-bond acceptors (Lipinski definition) is 1. The van der Waals surface area contributed by atoms with Crippen LogP contribution in [0.25, 0.3) is 0 Å². The minimum atomic E-state index is -1.50. The fraction of sp³-hybridized carbons (Fsp3) is 1.00. The molecule has 4 rings (SSSR count). The third-order valence-electron chi connectivity index (χ3n) is 11.9. The Bertz CT molecular complexity index is 689. The van der Waals surface area contributed by atoms with Crippen molar-refractivity contribution in [2.45, 2.75) is 173 Å². The maximum Gasteiger partial charge on any atom is 0.157 e. The van der Waals surface area contributed by atoms with Crippen molar-refractivity contribution in [1.29, 1.82) is 0 Å². The van der Waals surface area contributed by atoms with Gasteiger partial charge in [-0.2, -0.15) is 0 Å². The van der Waals surface area contributed by atoms with E-state index in [0.29, 0.717) is 24.9 Å². The van der Waals surface area contributed by atoms with E-state index in [1.54, 1.807) is 0 Å². The molecular formula is C35H60F4O. The first-order valence-electron chi connectivity index (χ1n) is 17.6. The van der Waals surface area contributed by atoms with E-state index in [4.69, 9.17) is 4.74 Å². The maximum atomic E-state index is 15.4.